The van der Waals surface area contributed by atoms with Crippen LogP contribution in [0, 0.1) is 0 Å². The van der Waals surface area contributed by atoms with Crippen molar-refractivity contribution in [3.8, 4) is 11.5 Å². The molecule has 0 unspecified atom stereocenters. The fraction of sp³-hybridized carbons (Fsp3) is 0.316. The van der Waals surface area contributed by atoms with Gasteiger partial charge in [-0.05, 0) is 37.1 Å². The molecule has 9 nitrogen and oxygen atoms in total. The van der Waals surface area contributed by atoms with E-state index in [1.165, 1.54) is 17.6 Å². The van der Waals surface area contributed by atoms with Crippen LogP contribution in [0.4, 0.5) is 13.2 Å². The molecule has 0 atom stereocenters. The van der Waals surface area contributed by atoms with Gasteiger partial charge < -0.3 is 4.42 Å². The van der Waals surface area contributed by atoms with Crippen molar-refractivity contribution in [2.45, 2.75) is 41.1 Å². The first-order valence-corrected chi connectivity index (χ1v) is 12.9. The summed E-state index contributed by atoms with van der Waals surface area (Å²) in [6, 6.07) is 4.26. The fourth-order valence-corrected chi connectivity index (χ4v) is 5.24. The number of rotatable bonds is 5. The predicted octanol–water partition coefficient (Wildman–Crippen LogP) is 3.50. The van der Waals surface area contributed by atoms with Gasteiger partial charge in [0, 0.05) is 17.8 Å². The monoisotopic (exact) mass is 500 g/mol. The molecule has 3 aromatic heterocycles. The van der Waals surface area contributed by atoms with Crippen LogP contribution in [0.5, 0.6) is 0 Å². The second kappa shape index (κ2) is 7.00. The molecule has 0 amide bonds. The van der Waals surface area contributed by atoms with Gasteiger partial charge >= 0.3 is 5.51 Å². The fourth-order valence-electron chi connectivity index (χ4n) is 3.49. The largest absolute Gasteiger partial charge is 0.501 e. The van der Waals surface area contributed by atoms with Crippen LogP contribution in [0.2, 0.25) is 0 Å². The maximum absolute atomic E-state index is 12.9. The van der Waals surface area contributed by atoms with Crippen LogP contribution in [-0.4, -0.2) is 47.7 Å². The molecule has 0 bridgehead atoms. The highest BCUT2D eigenvalue weighted by Crippen LogP contribution is 2.42. The molecule has 174 valence electrons. The molecule has 0 radical (unpaired) electrons. The lowest BCUT2D eigenvalue weighted by molar-refractivity contribution is -0.0435. The number of alkyl halides is 3. The summed E-state index contributed by atoms with van der Waals surface area (Å²) in [6.45, 7) is 1.44. The van der Waals surface area contributed by atoms with Gasteiger partial charge in [0.2, 0.25) is 5.89 Å². The summed E-state index contributed by atoms with van der Waals surface area (Å²) in [6.07, 6.45) is 3.35. The number of hydrogen-bond donors (Lipinski definition) is 0. The molecule has 0 saturated heterocycles. The maximum Gasteiger partial charge on any atom is 0.501 e. The normalized spacial score (nSPS) is 15.5. The van der Waals surface area contributed by atoms with Crippen molar-refractivity contribution in [3.63, 3.8) is 0 Å². The Hall–Kier alpha value is -3.00. The summed E-state index contributed by atoms with van der Waals surface area (Å²) in [4.78, 5) is 7.35. The van der Waals surface area contributed by atoms with E-state index >= 15 is 0 Å². The van der Waals surface area contributed by atoms with Crippen molar-refractivity contribution in [2.24, 2.45) is 0 Å². The second-order valence-corrected chi connectivity index (χ2v) is 11.7. The van der Waals surface area contributed by atoms with Crippen molar-refractivity contribution in [1.82, 2.24) is 19.6 Å². The highest BCUT2D eigenvalue weighted by Gasteiger charge is 2.47. The maximum atomic E-state index is 12.9. The van der Waals surface area contributed by atoms with Crippen LogP contribution in [0.1, 0.15) is 31.4 Å². The SMILES string of the molecule is CCS(=O)(=O)c1nn2c(C3CC3)ccnc2c1-c1nc2cc(S(=O)(=O)C(F)(F)F)ccc2o1. The van der Waals surface area contributed by atoms with E-state index in [0.717, 1.165) is 36.7 Å². The number of fused-ring (bicyclic) bond motifs is 2. The predicted molar refractivity (Wildman–Crippen MR) is 109 cm³/mol. The quantitative estimate of drug-likeness (QED) is 0.408. The zero-order valence-electron chi connectivity index (χ0n) is 16.9. The average Bonchev–Trinajstić information content (AvgIpc) is 3.38. The lowest BCUT2D eigenvalue weighted by atomic mass is 10.2. The van der Waals surface area contributed by atoms with E-state index in [-0.39, 0.29) is 44.9 Å². The number of oxazole rings is 1. The zero-order chi connectivity index (χ0) is 23.8. The Labute approximate surface area is 185 Å². The molecule has 5 rings (SSSR count). The molecule has 0 spiro atoms. The van der Waals surface area contributed by atoms with Crippen molar-refractivity contribution < 1.29 is 34.4 Å². The van der Waals surface area contributed by atoms with E-state index in [2.05, 4.69) is 15.1 Å². The Kier molecular flexibility index (Phi) is 4.63. The summed E-state index contributed by atoms with van der Waals surface area (Å²) >= 11 is 0. The van der Waals surface area contributed by atoms with E-state index < -0.39 is 30.1 Å². The number of sulfone groups is 2. The van der Waals surface area contributed by atoms with Gasteiger partial charge in [-0.3, -0.25) is 0 Å². The van der Waals surface area contributed by atoms with Gasteiger partial charge in [-0.1, -0.05) is 6.92 Å². The second-order valence-electron chi connectivity index (χ2n) is 7.56. The standard InChI is InChI=1S/C19H15F3N4O5S2/c1-2-32(27,28)18-15(16-23-8-7-13(10-3-4-10)26(16)25-18)17-24-12-9-11(5-6-14(12)31-17)33(29,30)19(20,21)22/h5-10H,2-4H2,1H3. The topological polar surface area (TPSA) is 124 Å². The van der Waals surface area contributed by atoms with Gasteiger partial charge in [-0.25, -0.2) is 31.3 Å². The average molecular weight is 500 g/mol. The summed E-state index contributed by atoms with van der Waals surface area (Å²) in [5.74, 6) is -0.301. The summed E-state index contributed by atoms with van der Waals surface area (Å²) in [7, 11) is -9.46. The molecule has 3 heterocycles. The minimum absolute atomic E-state index is 0.0244. The summed E-state index contributed by atoms with van der Waals surface area (Å²) < 4.78 is 94.9. The number of nitrogens with zero attached hydrogens (tertiary/aromatic N) is 4. The molecule has 1 fully saturated rings. The van der Waals surface area contributed by atoms with Crippen LogP contribution in [0.25, 0.3) is 28.2 Å². The van der Waals surface area contributed by atoms with Crippen molar-refractivity contribution >= 4 is 36.4 Å². The molecule has 14 heteroatoms. The van der Waals surface area contributed by atoms with Crippen LogP contribution in [0.15, 0.2) is 44.8 Å². The number of benzene rings is 1. The van der Waals surface area contributed by atoms with Gasteiger partial charge in [0.25, 0.3) is 9.84 Å². The zero-order valence-corrected chi connectivity index (χ0v) is 18.5. The van der Waals surface area contributed by atoms with Crippen LogP contribution in [0.3, 0.4) is 0 Å². The van der Waals surface area contributed by atoms with Crippen LogP contribution in [-0.2, 0) is 19.7 Å². The molecule has 1 aliphatic rings. The first kappa shape index (κ1) is 21.8. The molecule has 0 N–H and O–H groups in total. The number of halogens is 3. The number of hydrogen-bond acceptors (Lipinski definition) is 8. The Morgan fingerprint density at radius 3 is 2.52 bits per heavy atom. The highest BCUT2D eigenvalue weighted by molar-refractivity contribution is 7.92. The van der Waals surface area contributed by atoms with Gasteiger partial charge in [0.15, 0.2) is 26.1 Å². The van der Waals surface area contributed by atoms with E-state index in [1.807, 2.05) is 0 Å². The summed E-state index contributed by atoms with van der Waals surface area (Å²) in [5, 5.41) is 3.95. The van der Waals surface area contributed by atoms with E-state index in [0.29, 0.717) is 0 Å². The van der Waals surface area contributed by atoms with Crippen LogP contribution >= 0.6 is 0 Å². The van der Waals surface area contributed by atoms with Crippen LogP contribution < -0.4 is 0 Å². The molecule has 1 aliphatic carbocycles. The van der Waals surface area contributed by atoms with E-state index in [4.69, 9.17) is 4.42 Å². The lowest BCUT2D eigenvalue weighted by Crippen LogP contribution is -2.23. The Bertz CT molecular complexity index is 1640. The third-order valence-electron chi connectivity index (χ3n) is 5.37. The minimum atomic E-state index is -5.60. The number of aromatic nitrogens is 4. The first-order chi connectivity index (χ1) is 15.4. The van der Waals surface area contributed by atoms with Gasteiger partial charge in [-0.2, -0.15) is 18.3 Å². The van der Waals surface area contributed by atoms with Crippen molar-refractivity contribution in [2.75, 3.05) is 5.75 Å². The highest BCUT2D eigenvalue weighted by atomic mass is 32.2. The van der Waals surface area contributed by atoms with Crippen molar-refractivity contribution in [1.29, 1.82) is 0 Å². The Balaban J connectivity index is 1.76. The molecule has 33 heavy (non-hydrogen) atoms. The minimum Gasteiger partial charge on any atom is -0.436 e. The summed E-state index contributed by atoms with van der Waals surface area (Å²) in [5.41, 5.74) is -4.79. The third kappa shape index (κ3) is 3.39. The Morgan fingerprint density at radius 2 is 1.88 bits per heavy atom. The molecule has 1 saturated carbocycles. The smallest absolute Gasteiger partial charge is 0.436 e. The van der Waals surface area contributed by atoms with Gasteiger partial charge in [-0.15, -0.1) is 0 Å². The molecule has 1 aromatic carbocycles. The third-order valence-corrected chi connectivity index (χ3v) is 8.49. The molecular weight excluding hydrogens is 485 g/mol. The molecular formula is C19H15F3N4O5S2. The first-order valence-electron chi connectivity index (χ1n) is 9.77. The molecule has 4 aromatic rings. The molecule has 0 aliphatic heterocycles. The van der Waals surface area contributed by atoms with E-state index in [1.54, 1.807) is 6.07 Å². The van der Waals surface area contributed by atoms with E-state index in [9.17, 15) is 30.0 Å². The van der Waals surface area contributed by atoms with Gasteiger partial charge in [0.05, 0.1) is 10.6 Å². The van der Waals surface area contributed by atoms with Crippen molar-refractivity contribution in [3.05, 3.63) is 36.2 Å². The van der Waals surface area contributed by atoms with Gasteiger partial charge in [0.1, 0.15) is 11.1 Å². The lowest BCUT2D eigenvalue weighted by Gasteiger charge is -2.07. The Morgan fingerprint density at radius 1 is 1.15 bits per heavy atom.